The van der Waals surface area contributed by atoms with E-state index in [1.54, 1.807) is 29.2 Å². The molecule has 0 fully saturated rings. The Morgan fingerprint density at radius 2 is 1.63 bits per heavy atom. The zero-order chi connectivity index (χ0) is 21.1. The van der Waals surface area contributed by atoms with Crippen molar-refractivity contribution in [3.05, 3.63) is 90.0 Å². The van der Waals surface area contributed by atoms with Crippen molar-refractivity contribution in [1.29, 1.82) is 0 Å². The van der Waals surface area contributed by atoms with Gasteiger partial charge < -0.3 is 5.32 Å². The lowest BCUT2D eigenvalue weighted by molar-refractivity contribution is 0.628. The second-order valence-corrected chi connectivity index (χ2v) is 7.64. The van der Waals surface area contributed by atoms with Crippen LogP contribution < -0.4 is 5.32 Å². The number of nitrogens with zero attached hydrogens (tertiary/aromatic N) is 3. The number of aryl methyl sites for hydroxylation is 2. The molecule has 0 aliphatic carbocycles. The molecular weight excluding hydrogens is 395 g/mol. The number of nitrogens with one attached hydrogen (secondary N) is 1. The van der Waals surface area contributed by atoms with Gasteiger partial charge in [0.15, 0.2) is 0 Å². The second-order valence-electron chi connectivity index (χ2n) is 7.15. The average Bonchev–Trinajstić information content (AvgIpc) is 3.07. The van der Waals surface area contributed by atoms with Gasteiger partial charge in [0.2, 0.25) is 0 Å². The summed E-state index contributed by atoms with van der Waals surface area (Å²) in [5.74, 6) is 0.510. The van der Waals surface area contributed by atoms with Crippen molar-refractivity contribution < 1.29 is 4.39 Å². The van der Waals surface area contributed by atoms with Crippen LogP contribution in [0.4, 0.5) is 10.2 Å². The maximum atomic E-state index is 13.5. The first-order valence-electron chi connectivity index (χ1n) is 9.60. The van der Waals surface area contributed by atoms with Crippen molar-refractivity contribution >= 4 is 23.0 Å². The predicted octanol–water partition coefficient (Wildman–Crippen LogP) is 5.58. The van der Waals surface area contributed by atoms with Crippen LogP contribution in [0.5, 0.6) is 0 Å². The number of anilines is 1. The molecule has 0 radical (unpaired) electrons. The maximum absolute atomic E-state index is 13.5. The first-order chi connectivity index (χ1) is 14.5. The lowest BCUT2D eigenvalue weighted by atomic mass is 10.0. The SMILES string of the molecule is Cc1ccc(CC(=S)Nc2c(-c3ccncc3)c(-c3ccc(F)cc3)nn2C)cc1. The van der Waals surface area contributed by atoms with Crippen molar-refractivity contribution in [2.75, 3.05) is 5.32 Å². The van der Waals surface area contributed by atoms with Crippen LogP contribution in [0.25, 0.3) is 22.4 Å². The molecule has 1 N–H and O–H groups in total. The molecule has 2 aromatic carbocycles. The Bertz CT molecular complexity index is 1170. The minimum absolute atomic E-state index is 0.280. The topological polar surface area (TPSA) is 42.7 Å². The molecule has 0 aliphatic heterocycles. The summed E-state index contributed by atoms with van der Waals surface area (Å²) in [6.45, 7) is 2.06. The van der Waals surface area contributed by atoms with Gasteiger partial charge in [0, 0.05) is 31.4 Å². The van der Waals surface area contributed by atoms with Crippen LogP contribution in [0.2, 0.25) is 0 Å². The van der Waals surface area contributed by atoms with Gasteiger partial charge in [-0.05, 0) is 54.4 Å². The molecule has 0 spiro atoms. The van der Waals surface area contributed by atoms with Crippen LogP contribution in [0, 0.1) is 12.7 Å². The summed E-state index contributed by atoms with van der Waals surface area (Å²) in [5.41, 5.74) is 5.80. The molecule has 0 amide bonds. The molecule has 4 aromatic rings. The molecule has 2 aromatic heterocycles. The van der Waals surface area contributed by atoms with E-state index in [-0.39, 0.29) is 5.82 Å². The fraction of sp³-hybridized carbons (Fsp3) is 0.125. The van der Waals surface area contributed by atoms with Crippen LogP contribution in [-0.4, -0.2) is 19.8 Å². The van der Waals surface area contributed by atoms with Crippen molar-refractivity contribution in [2.45, 2.75) is 13.3 Å². The zero-order valence-electron chi connectivity index (χ0n) is 16.8. The molecule has 150 valence electrons. The van der Waals surface area contributed by atoms with Crippen LogP contribution in [0.1, 0.15) is 11.1 Å². The minimum Gasteiger partial charge on any atom is -0.334 e. The van der Waals surface area contributed by atoms with Crippen molar-refractivity contribution in [2.24, 2.45) is 7.05 Å². The van der Waals surface area contributed by atoms with E-state index in [1.165, 1.54) is 17.7 Å². The monoisotopic (exact) mass is 416 g/mol. The van der Waals surface area contributed by atoms with Crippen molar-refractivity contribution in [3.63, 3.8) is 0 Å². The van der Waals surface area contributed by atoms with E-state index in [2.05, 4.69) is 41.5 Å². The summed E-state index contributed by atoms with van der Waals surface area (Å²) >= 11 is 5.65. The third-order valence-corrected chi connectivity index (χ3v) is 5.12. The molecule has 0 atom stereocenters. The number of pyridine rings is 1. The summed E-state index contributed by atoms with van der Waals surface area (Å²) in [6, 6.07) is 18.5. The predicted molar refractivity (Wildman–Crippen MR) is 123 cm³/mol. The second kappa shape index (κ2) is 8.55. The fourth-order valence-electron chi connectivity index (χ4n) is 3.34. The van der Waals surface area contributed by atoms with Gasteiger partial charge in [0.1, 0.15) is 17.3 Å². The minimum atomic E-state index is -0.280. The maximum Gasteiger partial charge on any atom is 0.137 e. The van der Waals surface area contributed by atoms with Gasteiger partial charge in [0.05, 0.1) is 10.6 Å². The third-order valence-electron chi connectivity index (χ3n) is 4.88. The molecule has 0 bridgehead atoms. The van der Waals surface area contributed by atoms with E-state index in [0.29, 0.717) is 11.4 Å². The fourth-order valence-corrected chi connectivity index (χ4v) is 3.60. The number of hydrogen-bond acceptors (Lipinski definition) is 3. The summed E-state index contributed by atoms with van der Waals surface area (Å²) in [5, 5.41) is 8.09. The summed E-state index contributed by atoms with van der Waals surface area (Å²) < 4.78 is 15.2. The number of rotatable bonds is 5. The first-order valence-corrected chi connectivity index (χ1v) is 10.0. The molecule has 0 unspecified atom stereocenters. The molecule has 6 heteroatoms. The van der Waals surface area contributed by atoms with Crippen molar-refractivity contribution in [1.82, 2.24) is 14.8 Å². The largest absolute Gasteiger partial charge is 0.334 e. The number of benzene rings is 2. The van der Waals surface area contributed by atoms with E-state index in [4.69, 9.17) is 17.3 Å². The van der Waals surface area contributed by atoms with E-state index < -0.39 is 0 Å². The summed E-state index contributed by atoms with van der Waals surface area (Å²) in [6.07, 6.45) is 4.11. The van der Waals surface area contributed by atoms with Gasteiger partial charge in [-0.15, -0.1) is 0 Å². The Morgan fingerprint density at radius 1 is 0.967 bits per heavy atom. The molecule has 4 rings (SSSR count). The lowest BCUT2D eigenvalue weighted by Crippen LogP contribution is -2.15. The standard InChI is InChI=1S/C24H21FN4S/c1-16-3-5-17(6-4-16)15-21(30)27-24-22(18-11-13-26-14-12-18)23(28-29(24)2)19-7-9-20(25)10-8-19/h3-14H,15H2,1-2H3,(H,27,30). The van der Waals surface area contributed by atoms with Crippen molar-refractivity contribution in [3.8, 4) is 22.4 Å². The molecule has 2 heterocycles. The first kappa shape index (κ1) is 19.9. The quantitative estimate of drug-likeness (QED) is 0.432. The van der Waals surface area contributed by atoms with Gasteiger partial charge in [-0.2, -0.15) is 5.10 Å². The Morgan fingerprint density at radius 3 is 2.30 bits per heavy atom. The molecule has 0 saturated carbocycles. The van der Waals surface area contributed by atoms with Gasteiger partial charge >= 0.3 is 0 Å². The van der Waals surface area contributed by atoms with E-state index >= 15 is 0 Å². The number of hydrogen-bond donors (Lipinski definition) is 1. The van der Waals surface area contributed by atoms with E-state index in [0.717, 1.165) is 33.8 Å². The number of thiocarbonyl (C=S) groups is 1. The Labute approximate surface area is 180 Å². The van der Waals surface area contributed by atoms with Gasteiger partial charge in [-0.25, -0.2) is 4.39 Å². The summed E-state index contributed by atoms with van der Waals surface area (Å²) in [4.78, 5) is 4.82. The Kier molecular flexibility index (Phi) is 5.68. The summed E-state index contributed by atoms with van der Waals surface area (Å²) in [7, 11) is 1.87. The highest BCUT2D eigenvalue weighted by Gasteiger charge is 2.20. The number of aromatic nitrogens is 3. The molecule has 4 nitrogen and oxygen atoms in total. The van der Waals surface area contributed by atoms with Gasteiger partial charge in [-0.1, -0.05) is 42.0 Å². The highest BCUT2D eigenvalue weighted by molar-refractivity contribution is 7.80. The van der Waals surface area contributed by atoms with Crippen LogP contribution >= 0.6 is 12.2 Å². The van der Waals surface area contributed by atoms with E-state index in [1.807, 2.05) is 19.2 Å². The third kappa shape index (κ3) is 4.28. The molecule has 0 aliphatic rings. The highest BCUT2D eigenvalue weighted by atomic mass is 32.1. The van der Waals surface area contributed by atoms with Crippen LogP contribution in [-0.2, 0) is 13.5 Å². The smallest absolute Gasteiger partial charge is 0.137 e. The Balaban J connectivity index is 1.72. The van der Waals surface area contributed by atoms with E-state index in [9.17, 15) is 4.39 Å². The molecule has 30 heavy (non-hydrogen) atoms. The van der Waals surface area contributed by atoms with Crippen LogP contribution in [0.3, 0.4) is 0 Å². The number of halogens is 1. The highest BCUT2D eigenvalue weighted by Crippen LogP contribution is 2.37. The molecule has 0 saturated heterocycles. The lowest BCUT2D eigenvalue weighted by Gasteiger charge is -2.12. The zero-order valence-corrected chi connectivity index (χ0v) is 17.6. The average molecular weight is 417 g/mol. The van der Waals surface area contributed by atoms with Gasteiger partial charge in [-0.3, -0.25) is 9.67 Å². The molecular formula is C24H21FN4S. The van der Waals surface area contributed by atoms with Gasteiger partial charge in [0.25, 0.3) is 0 Å². The normalized spacial score (nSPS) is 10.8. The van der Waals surface area contributed by atoms with Crippen LogP contribution in [0.15, 0.2) is 73.1 Å². The Hall–Kier alpha value is -3.38.